The molecule has 550 valence electrons. The molecule has 3 aromatic carbocycles. The zero-order valence-corrected chi connectivity index (χ0v) is 69.4. The van der Waals surface area contributed by atoms with Crippen molar-refractivity contribution in [3.05, 3.63) is 84.5 Å². The number of aromatic nitrogens is 4. The molecule has 0 radical (unpaired) electrons. The quantitative estimate of drug-likeness (QED) is 0.0354. The summed E-state index contributed by atoms with van der Waals surface area (Å²) in [7, 11) is 0. The van der Waals surface area contributed by atoms with Gasteiger partial charge in [0.25, 0.3) is 0 Å². The van der Waals surface area contributed by atoms with Gasteiger partial charge in [-0.1, -0.05) is 342 Å². The van der Waals surface area contributed by atoms with E-state index in [1.165, 1.54) is 437 Å². The van der Waals surface area contributed by atoms with Crippen LogP contribution in [0.15, 0.2) is 40.6 Å². The van der Waals surface area contributed by atoms with Gasteiger partial charge in [-0.05, 0) is 121 Å². The zero-order chi connectivity index (χ0) is 69.8. The summed E-state index contributed by atoms with van der Waals surface area (Å²) in [6.07, 6.45) is 75.2. The van der Waals surface area contributed by atoms with Gasteiger partial charge in [0.2, 0.25) is 0 Å². The number of nitrogens with zero attached hydrogens (tertiary/aromatic N) is 4. The van der Waals surface area contributed by atoms with E-state index in [4.69, 9.17) is 17.5 Å². The molecule has 4 aromatic heterocycles. The monoisotopic (exact) mass is 1460 g/mol. The Morgan fingerprint density at radius 3 is 0.980 bits per heavy atom. The standard InChI is InChI=1S/C90H134N4S6/c1-9-13-17-21-25-29-33-37-41-45-49-53-57-89(58-54-50-46-42-38-34-30-26-22-18-14-10-2)74-64-70-75(63-69(74)80-76(89)61-67(5)82-84(80)93-99-91-82)90(59-55-51-47-43-39-35-31-27-23-19-15-11-3,60-56-52-48-44-40-36-32-28-24-20-16-12-4)77-65-71(83-85(81(70)77)94-100-92-83)78-66-73-79(88(95-7)96-8)72-62-68(6)97-86(72)87(73)98-78/h61-66H,9-60H2,1-8H3. The van der Waals surface area contributed by atoms with Crippen LogP contribution in [0.5, 0.6) is 0 Å². The Morgan fingerprint density at radius 1 is 0.310 bits per heavy atom. The molecule has 10 heteroatoms. The molecule has 100 heavy (non-hydrogen) atoms. The third-order valence-corrected chi connectivity index (χ3v) is 29.6. The van der Waals surface area contributed by atoms with Crippen molar-refractivity contribution in [2.75, 3.05) is 12.5 Å². The number of unbranched alkanes of at least 4 members (excludes halogenated alkanes) is 44. The second-order valence-electron chi connectivity index (χ2n) is 31.6. The lowest BCUT2D eigenvalue weighted by atomic mass is 9.68. The van der Waals surface area contributed by atoms with Crippen molar-refractivity contribution < 1.29 is 0 Å². The van der Waals surface area contributed by atoms with Crippen molar-refractivity contribution in [1.82, 2.24) is 17.5 Å². The molecule has 0 spiro atoms. The maximum atomic E-state index is 5.59. The summed E-state index contributed by atoms with van der Waals surface area (Å²) in [6, 6.07) is 16.2. The SMILES string of the molecule is CCCCCCCCCCCCCCC1(CCCCCCCCCCCCCC)c2cc3c(cc2-c2c1cc(C)c1nsnc21)C(CCCCCCCCCCCCCC)(CCCCCCCCCCCCCC)c1cc(-c2cc4c(s2)-c2sc(C)cc2C4=C(SC)SC)c2nsnc2c1-3. The van der Waals surface area contributed by atoms with Crippen LogP contribution in [0.1, 0.15) is 405 Å². The number of thioether (sulfide) groups is 2. The minimum atomic E-state index is -0.155. The molecule has 3 aliphatic carbocycles. The molecule has 0 bridgehead atoms. The van der Waals surface area contributed by atoms with E-state index in [1.807, 2.05) is 46.2 Å². The fraction of sp³-hybridized carbons (Fsp3) is 0.689. The molecule has 0 unspecified atom stereocenters. The van der Waals surface area contributed by atoms with Crippen LogP contribution in [0.25, 0.3) is 70.1 Å². The van der Waals surface area contributed by atoms with Gasteiger partial charge >= 0.3 is 0 Å². The highest BCUT2D eigenvalue weighted by Crippen LogP contribution is 2.65. The smallest absolute Gasteiger partial charge is 0.114 e. The number of aryl methyl sites for hydroxylation is 2. The lowest BCUT2D eigenvalue weighted by Crippen LogP contribution is -2.27. The largest absolute Gasteiger partial charge is 0.173 e. The van der Waals surface area contributed by atoms with Crippen LogP contribution in [-0.4, -0.2) is 30.0 Å². The van der Waals surface area contributed by atoms with Gasteiger partial charge in [-0.15, -0.1) is 46.2 Å². The van der Waals surface area contributed by atoms with Crippen LogP contribution < -0.4 is 0 Å². The van der Waals surface area contributed by atoms with Crippen LogP contribution in [0.3, 0.4) is 0 Å². The summed E-state index contributed by atoms with van der Waals surface area (Å²) in [6.45, 7) is 14.0. The summed E-state index contributed by atoms with van der Waals surface area (Å²) in [5.74, 6) is 0. The third-order valence-electron chi connectivity index (χ3n) is 24.0. The van der Waals surface area contributed by atoms with E-state index in [0.717, 1.165) is 16.6 Å². The summed E-state index contributed by atoms with van der Waals surface area (Å²) in [5.41, 5.74) is 23.4. The van der Waals surface area contributed by atoms with E-state index in [1.54, 1.807) is 22.3 Å². The molecule has 0 aliphatic heterocycles. The molecule has 4 heterocycles. The summed E-state index contributed by atoms with van der Waals surface area (Å²) in [4.78, 5) is 5.66. The summed E-state index contributed by atoms with van der Waals surface area (Å²) < 4.78 is 23.0. The van der Waals surface area contributed by atoms with E-state index in [0.29, 0.717) is 0 Å². The van der Waals surface area contributed by atoms with Gasteiger partial charge in [0.05, 0.1) is 33.2 Å². The Balaban J connectivity index is 1.05. The highest BCUT2D eigenvalue weighted by molar-refractivity contribution is 8.22. The van der Waals surface area contributed by atoms with Gasteiger partial charge in [-0.2, -0.15) is 17.5 Å². The van der Waals surface area contributed by atoms with E-state index < -0.39 is 0 Å². The zero-order valence-electron chi connectivity index (χ0n) is 64.5. The van der Waals surface area contributed by atoms with Crippen molar-refractivity contribution in [1.29, 1.82) is 0 Å². The van der Waals surface area contributed by atoms with Crippen LogP contribution >= 0.6 is 69.7 Å². The number of rotatable bonds is 55. The van der Waals surface area contributed by atoms with Gasteiger partial charge in [0.15, 0.2) is 0 Å². The Bertz CT molecular complexity index is 3530. The van der Waals surface area contributed by atoms with E-state index >= 15 is 0 Å². The molecule has 0 N–H and O–H groups in total. The van der Waals surface area contributed by atoms with Gasteiger partial charge in [0.1, 0.15) is 22.1 Å². The number of thiophene rings is 2. The van der Waals surface area contributed by atoms with Crippen molar-refractivity contribution >= 4 is 97.3 Å². The molecule has 7 aromatic rings. The average Bonchev–Trinajstić information content (AvgIpc) is 1.52. The first-order valence-electron chi connectivity index (χ1n) is 42.1. The molecule has 4 nitrogen and oxygen atoms in total. The lowest BCUT2D eigenvalue weighted by Gasteiger charge is -2.35. The second kappa shape index (κ2) is 42.5. The third kappa shape index (κ3) is 20.0. The first-order chi connectivity index (χ1) is 49.3. The molecule has 0 fully saturated rings. The topological polar surface area (TPSA) is 51.6 Å². The Labute approximate surface area is 635 Å². The van der Waals surface area contributed by atoms with Crippen LogP contribution in [0.4, 0.5) is 0 Å². The second-order valence-corrected chi connectivity index (χ2v) is 36.8. The Morgan fingerprint density at radius 2 is 0.610 bits per heavy atom. The molecule has 0 saturated heterocycles. The predicted octanol–water partition coefficient (Wildman–Crippen LogP) is 32.4. The minimum Gasteiger partial charge on any atom is -0.173 e. The first kappa shape index (κ1) is 79.7. The van der Waals surface area contributed by atoms with Crippen molar-refractivity contribution in [3.8, 4) is 42.4 Å². The average molecular weight is 1460 g/mol. The fourth-order valence-corrected chi connectivity index (χ4v) is 23.5. The van der Waals surface area contributed by atoms with E-state index in [-0.39, 0.29) is 10.8 Å². The maximum absolute atomic E-state index is 5.59. The van der Waals surface area contributed by atoms with Gasteiger partial charge in [-0.3, -0.25) is 0 Å². The molecule has 10 rings (SSSR count). The number of hydrogen-bond donors (Lipinski definition) is 0. The molecule has 0 amide bonds. The van der Waals surface area contributed by atoms with E-state index in [9.17, 15) is 0 Å². The van der Waals surface area contributed by atoms with Crippen molar-refractivity contribution in [3.63, 3.8) is 0 Å². The predicted molar refractivity (Wildman–Crippen MR) is 453 cm³/mol. The number of benzene rings is 3. The normalized spacial score (nSPS) is 13.9. The lowest BCUT2D eigenvalue weighted by molar-refractivity contribution is 0.393. The highest BCUT2D eigenvalue weighted by Gasteiger charge is 2.50. The van der Waals surface area contributed by atoms with Crippen LogP contribution in [0, 0.1) is 13.8 Å². The number of hydrogen-bond acceptors (Lipinski definition) is 10. The van der Waals surface area contributed by atoms with Crippen LogP contribution in [0.2, 0.25) is 0 Å². The van der Waals surface area contributed by atoms with Crippen molar-refractivity contribution in [2.24, 2.45) is 0 Å². The first-order valence-corrected chi connectivity index (χ1v) is 47.7. The molecule has 3 aliphatic rings. The maximum Gasteiger partial charge on any atom is 0.114 e. The number of fused-ring (bicyclic) bond motifs is 13. The molecular formula is C90H134N4S6. The van der Waals surface area contributed by atoms with Crippen molar-refractivity contribution in [2.45, 2.75) is 386 Å². The highest BCUT2D eigenvalue weighted by atomic mass is 32.2. The summed E-state index contributed by atoms with van der Waals surface area (Å²) >= 11 is 10.7. The van der Waals surface area contributed by atoms with Gasteiger partial charge in [0, 0.05) is 58.2 Å². The van der Waals surface area contributed by atoms with Gasteiger partial charge in [-0.25, -0.2) is 0 Å². The minimum absolute atomic E-state index is 0.0940. The van der Waals surface area contributed by atoms with Crippen LogP contribution in [-0.2, 0) is 10.8 Å². The molecular weight excluding hydrogens is 1330 g/mol. The molecule has 0 saturated carbocycles. The Hall–Kier alpha value is -2.86. The Kier molecular flexibility index (Phi) is 33.8. The molecule has 0 atom stereocenters. The van der Waals surface area contributed by atoms with Gasteiger partial charge < -0.3 is 0 Å². The van der Waals surface area contributed by atoms with E-state index in [2.05, 4.69) is 90.5 Å². The summed E-state index contributed by atoms with van der Waals surface area (Å²) in [5, 5.41) is 0. The fourth-order valence-electron chi connectivity index (χ4n) is 18.4.